The van der Waals surface area contributed by atoms with Crippen LogP contribution in [-0.4, -0.2) is 74.0 Å². The molecule has 1 aliphatic carbocycles. The van der Waals surface area contributed by atoms with Crippen molar-refractivity contribution in [3.05, 3.63) is 36.4 Å². The summed E-state index contributed by atoms with van der Waals surface area (Å²) >= 11 is 0. The molecule has 4 rings (SSSR count). The van der Waals surface area contributed by atoms with Gasteiger partial charge in [0.15, 0.2) is 0 Å². The number of nitrogens with one attached hydrogen (secondary N) is 4. The molecule has 2 heterocycles. The number of carbonyl (C=O) groups is 4. The molecular weight excluding hydrogens is 590 g/mol. The van der Waals surface area contributed by atoms with Crippen LogP contribution in [0.3, 0.4) is 0 Å². The van der Waals surface area contributed by atoms with Crippen LogP contribution in [-0.2, 0) is 29.3 Å². The van der Waals surface area contributed by atoms with Gasteiger partial charge in [-0.05, 0) is 83.6 Å². The zero-order chi connectivity index (χ0) is 32.1. The molecule has 0 bridgehead atoms. The van der Waals surface area contributed by atoms with Gasteiger partial charge in [-0.1, -0.05) is 25.0 Å². The maximum atomic E-state index is 13.7. The topological polar surface area (TPSA) is 172 Å². The van der Waals surface area contributed by atoms with Crippen LogP contribution in [0.25, 0.3) is 0 Å². The first-order chi connectivity index (χ1) is 20.7. The molecule has 1 aromatic carbocycles. The van der Waals surface area contributed by atoms with Crippen molar-refractivity contribution >= 4 is 39.7 Å². The average molecular weight is 634 g/mol. The standard InChI is InChI=1S/C30H43N5O8S/c1-29(2,3)43-28(39)31-23-12-9-7-5-6-8-11-20-19-30(20,32-25(36)24-13-10-18-35(24)26(23)37)27(38)34-44(40,41)33-21-14-16-22(42-4)17-15-21/h8,11,14-17,20,23-24,33H,5-7,9-10,12-13,18-19H2,1-4H3,(H,31,39)(H,32,36)(H,34,38)/b11-8-/t20-,23-,24-,30+/m0/s1. The van der Waals surface area contributed by atoms with E-state index in [9.17, 15) is 27.6 Å². The fourth-order valence-corrected chi connectivity index (χ4v) is 6.52. The number of alkyl carbamates (subject to hydrolysis) is 1. The highest BCUT2D eigenvalue weighted by Crippen LogP contribution is 2.45. The molecule has 4 atom stereocenters. The van der Waals surface area contributed by atoms with E-state index in [0.29, 0.717) is 44.4 Å². The first kappa shape index (κ1) is 33.1. The minimum atomic E-state index is -4.34. The molecule has 2 aliphatic heterocycles. The summed E-state index contributed by atoms with van der Waals surface area (Å²) in [5.74, 6) is -1.69. The van der Waals surface area contributed by atoms with Gasteiger partial charge in [0.1, 0.15) is 29.0 Å². The first-order valence-corrected chi connectivity index (χ1v) is 16.5. The van der Waals surface area contributed by atoms with Gasteiger partial charge in [-0.25, -0.2) is 9.52 Å². The molecule has 4 amide bonds. The fraction of sp³-hybridized carbons (Fsp3) is 0.600. The van der Waals surface area contributed by atoms with E-state index in [1.54, 1.807) is 32.9 Å². The summed E-state index contributed by atoms with van der Waals surface area (Å²) in [6.45, 7) is 5.51. The van der Waals surface area contributed by atoms with Crippen molar-refractivity contribution in [2.45, 2.75) is 95.4 Å². The first-order valence-electron chi connectivity index (χ1n) is 15.0. The Balaban J connectivity index is 1.52. The van der Waals surface area contributed by atoms with E-state index in [1.807, 2.05) is 12.2 Å². The minimum Gasteiger partial charge on any atom is -0.497 e. The van der Waals surface area contributed by atoms with Crippen LogP contribution >= 0.6 is 0 Å². The Morgan fingerprint density at radius 2 is 1.77 bits per heavy atom. The zero-order valence-corrected chi connectivity index (χ0v) is 26.5. The van der Waals surface area contributed by atoms with E-state index in [1.165, 1.54) is 24.1 Å². The Morgan fingerprint density at radius 1 is 1.05 bits per heavy atom. The Kier molecular flexibility index (Phi) is 10.1. The lowest BCUT2D eigenvalue weighted by molar-refractivity contribution is -0.141. The van der Waals surface area contributed by atoms with Crippen molar-refractivity contribution in [1.82, 2.24) is 20.3 Å². The molecule has 14 heteroatoms. The molecule has 13 nitrogen and oxygen atoms in total. The molecule has 2 fully saturated rings. The van der Waals surface area contributed by atoms with Crippen molar-refractivity contribution < 1.29 is 37.1 Å². The van der Waals surface area contributed by atoms with Crippen molar-refractivity contribution in [3.8, 4) is 5.75 Å². The highest BCUT2D eigenvalue weighted by Gasteiger charge is 2.61. The van der Waals surface area contributed by atoms with Gasteiger partial charge in [0.2, 0.25) is 11.8 Å². The van der Waals surface area contributed by atoms with Crippen molar-refractivity contribution in [2.24, 2.45) is 5.92 Å². The summed E-state index contributed by atoms with van der Waals surface area (Å²) in [4.78, 5) is 54.9. The van der Waals surface area contributed by atoms with Crippen LogP contribution in [0.15, 0.2) is 36.4 Å². The maximum Gasteiger partial charge on any atom is 0.408 e. The largest absolute Gasteiger partial charge is 0.497 e. The summed E-state index contributed by atoms with van der Waals surface area (Å²) in [5.41, 5.74) is -2.02. The third-order valence-corrected chi connectivity index (χ3v) is 8.85. The normalized spacial score (nSPS) is 26.9. The van der Waals surface area contributed by atoms with Crippen LogP contribution < -0.4 is 24.8 Å². The molecule has 242 valence electrons. The molecular formula is C30H43N5O8S. The van der Waals surface area contributed by atoms with E-state index in [-0.39, 0.29) is 12.1 Å². The molecule has 0 radical (unpaired) electrons. The van der Waals surface area contributed by atoms with Gasteiger partial charge in [0, 0.05) is 12.5 Å². The zero-order valence-electron chi connectivity index (χ0n) is 25.7. The van der Waals surface area contributed by atoms with Crippen LogP contribution in [0.4, 0.5) is 10.5 Å². The maximum absolute atomic E-state index is 13.7. The van der Waals surface area contributed by atoms with E-state index < -0.39 is 63.2 Å². The van der Waals surface area contributed by atoms with Crippen molar-refractivity contribution in [3.63, 3.8) is 0 Å². The molecule has 0 spiro atoms. The van der Waals surface area contributed by atoms with E-state index in [4.69, 9.17) is 9.47 Å². The fourth-order valence-electron chi connectivity index (χ4n) is 5.60. The van der Waals surface area contributed by atoms with Gasteiger partial charge in [0.25, 0.3) is 5.91 Å². The second kappa shape index (κ2) is 13.4. The number of hydrogen-bond acceptors (Lipinski definition) is 8. The molecule has 1 aromatic rings. The van der Waals surface area contributed by atoms with Crippen LogP contribution in [0.5, 0.6) is 5.75 Å². The molecule has 4 N–H and O–H groups in total. The lowest BCUT2D eigenvalue weighted by Crippen LogP contribution is -2.58. The number of amides is 4. The summed E-state index contributed by atoms with van der Waals surface area (Å²) in [6.07, 6.45) is 7.59. The van der Waals surface area contributed by atoms with Crippen LogP contribution in [0.2, 0.25) is 0 Å². The number of fused-ring (bicyclic) bond motifs is 2. The lowest BCUT2D eigenvalue weighted by Gasteiger charge is -2.30. The summed E-state index contributed by atoms with van der Waals surface area (Å²) in [6, 6.07) is 4.38. The summed E-state index contributed by atoms with van der Waals surface area (Å²) < 4.78 is 40.6. The number of nitrogens with zero attached hydrogens (tertiary/aromatic N) is 1. The second-order valence-corrected chi connectivity index (χ2v) is 13.9. The summed E-state index contributed by atoms with van der Waals surface area (Å²) in [5, 5.41) is 5.50. The Bertz CT molecular complexity index is 1370. The van der Waals surface area contributed by atoms with Gasteiger partial charge >= 0.3 is 16.3 Å². The summed E-state index contributed by atoms with van der Waals surface area (Å²) in [7, 11) is -2.85. The van der Waals surface area contributed by atoms with Gasteiger partial charge < -0.3 is 25.0 Å². The van der Waals surface area contributed by atoms with Crippen molar-refractivity contribution in [2.75, 3.05) is 18.4 Å². The third-order valence-electron chi connectivity index (χ3n) is 7.90. The predicted octanol–water partition coefficient (Wildman–Crippen LogP) is 2.75. The number of anilines is 1. The number of benzene rings is 1. The predicted molar refractivity (Wildman–Crippen MR) is 163 cm³/mol. The Morgan fingerprint density at radius 3 is 2.45 bits per heavy atom. The third kappa shape index (κ3) is 8.42. The Labute approximate surface area is 258 Å². The Hall–Kier alpha value is -3.81. The molecule has 1 saturated carbocycles. The van der Waals surface area contributed by atoms with E-state index in [0.717, 1.165) is 12.8 Å². The number of rotatable bonds is 6. The highest BCUT2D eigenvalue weighted by molar-refractivity contribution is 7.91. The van der Waals surface area contributed by atoms with Crippen LogP contribution in [0.1, 0.15) is 72.1 Å². The molecule has 0 aromatic heterocycles. The monoisotopic (exact) mass is 633 g/mol. The van der Waals surface area contributed by atoms with E-state index in [2.05, 4.69) is 20.1 Å². The number of methoxy groups -OCH3 is 1. The molecule has 3 aliphatic rings. The van der Waals surface area contributed by atoms with Gasteiger partial charge in [-0.3, -0.25) is 19.1 Å². The van der Waals surface area contributed by atoms with E-state index >= 15 is 0 Å². The van der Waals surface area contributed by atoms with Gasteiger partial charge in [0.05, 0.1) is 12.8 Å². The van der Waals surface area contributed by atoms with Crippen LogP contribution in [0, 0.1) is 5.92 Å². The molecule has 0 unspecified atom stereocenters. The second-order valence-electron chi connectivity index (χ2n) is 12.5. The van der Waals surface area contributed by atoms with Gasteiger partial charge in [-0.15, -0.1) is 0 Å². The minimum absolute atomic E-state index is 0.211. The highest BCUT2D eigenvalue weighted by atomic mass is 32.2. The lowest BCUT2D eigenvalue weighted by atomic mass is 10.0. The van der Waals surface area contributed by atoms with Crippen molar-refractivity contribution in [1.29, 1.82) is 0 Å². The number of carbonyl (C=O) groups excluding carboxylic acids is 4. The van der Waals surface area contributed by atoms with Gasteiger partial charge in [-0.2, -0.15) is 8.42 Å². The quantitative estimate of drug-likeness (QED) is 0.346. The smallest absolute Gasteiger partial charge is 0.408 e. The number of allylic oxidation sites excluding steroid dienone is 1. The molecule has 44 heavy (non-hydrogen) atoms. The average Bonchev–Trinajstić information content (AvgIpc) is 3.40. The SMILES string of the molecule is COc1ccc(NS(=O)(=O)NC(=O)[C@@]23C[C@@H]2/C=C\CCCCC[C@H](NC(=O)OC(C)(C)C)C(=O)N2CCC[C@H]2C(=O)N3)cc1. The molecule has 1 saturated heterocycles. The number of ether oxygens (including phenoxy) is 2. The number of hydrogen-bond donors (Lipinski definition) is 4.